The van der Waals surface area contributed by atoms with Crippen molar-refractivity contribution in [2.75, 3.05) is 19.6 Å². The van der Waals surface area contributed by atoms with Gasteiger partial charge in [-0.25, -0.2) is 12.8 Å². The number of hydrogen-bond donors (Lipinski definition) is 1. The van der Waals surface area contributed by atoms with Crippen LogP contribution in [-0.4, -0.2) is 38.4 Å². The summed E-state index contributed by atoms with van der Waals surface area (Å²) in [7, 11) is -3.75. The molecule has 0 radical (unpaired) electrons. The lowest BCUT2D eigenvalue weighted by molar-refractivity contribution is 0.283. The molecule has 108 valence electrons. The van der Waals surface area contributed by atoms with E-state index < -0.39 is 15.8 Å². The van der Waals surface area contributed by atoms with E-state index in [1.54, 1.807) is 13.0 Å². The van der Waals surface area contributed by atoms with Crippen LogP contribution in [0.4, 0.5) is 4.39 Å². The Morgan fingerprint density at radius 3 is 2.74 bits per heavy atom. The van der Waals surface area contributed by atoms with Gasteiger partial charge in [0.25, 0.3) is 0 Å². The van der Waals surface area contributed by atoms with Gasteiger partial charge >= 0.3 is 0 Å². The van der Waals surface area contributed by atoms with E-state index in [9.17, 15) is 12.8 Å². The van der Waals surface area contributed by atoms with Crippen LogP contribution in [-0.2, 0) is 10.0 Å². The molecule has 1 saturated heterocycles. The third kappa shape index (κ3) is 3.25. The van der Waals surface area contributed by atoms with Crippen LogP contribution in [0.2, 0.25) is 0 Å². The predicted molar refractivity (Wildman–Crippen MR) is 74.6 cm³/mol. The Hall–Kier alpha value is -0.690. The summed E-state index contributed by atoms with van der Waals surface area (Å²) in [5.74, 6) is -0.689. The molecule has 1 heterocycles. The van der Waals surface area contributed by atoms with Crippen LogP contribution in [0.25, 0.3) is 0 Å². The van der Waals surface area contributed by atoms with Crippen molar-refractivity contribution in [1.82, 2.24) is 9.62 Å². The summed E-state index contributed by atoms with van der Waals surface area (Å²) in [5.41, 5.74) is 0.734. The first kappa shape index (κ1) is 16.4. The molecule has 1 aliphatic heterocycles. The van der Waals surface area contributed by atoms with Crippen molar-refractivity contribution in [3.8, 4) is 0 Å². The van der Waals surface area contributed by atoms with Gasteiger partial charge in [-0.3, -0.25) is 0 Å². The average molecular weight is 309 g/mol. The number of benzene rings is 1. The van der Waals surface area contributed by atoms with Crippen LogP contribution < -0.4 is 5.32 Å². The Kier molecular flexibility index (Phi) is 5.32. The van der Waals surface area contributed by atoms with Crippen molar-refractivity contribution in [2.24, 2.45) is 0 Å². The van der Waals surface area contributed by atoms with E-state index in [1.807, 2.05) is 6.92 Å². The maximum atomic E-state index is 13.7. The third-order valence-electron chi connectivity index (χ3n) is 3.11. The van der Waals surface area contributed by atoms with Gasteiger partial charge in [0.05, 0.1) is 0 Å². The lowest BCUT2D eigenvalue weighted by atomic mass is 10.2. The second-order valence-electron chi connectivity index (χ2n) is 4.60. The molecule has 1 aliphatic rings. The van der Waals surface area contributed by atoms with E-state index >= 15 is 0 Å². The fraction of sp³-hybridized carbons (Fsp3) is 0.500. The van der Waals surface area contributed by atoms with Crippen molar-refractivity contribution in [2.45, 2.75) is 24.8 Å². The van der Waals surface area contributed by atoms with Crippen LogP contribution >= 0.6 is 12.4 Å². The van der Waals surface area contributed by atoms with Gasteiger partial charge in [0.1, 0.15) is 10.7 Å². The molecule has 0 spiro atoms. The molecule has 0 aromatic heterocycles. The molecule has 0 bridgehead atoms. The lowest BCUT2D eigenvalue weighted by Gasteiger charge is -2.32. The Morgan fingerprint density at radius 2 is 2.11 bits per heavy atom. The molecule has 1 fully saturated rings. The summed E-state index contributed by atoms with van der Waals surface area (Å²) >= 11 is 0. The second-order valence-corrected chi connectivity index (χ2v) is 6.46. The van der Waals surface area contributed by atoms with Gasteiger partial charge in [0, 0.05) is 25.7 Å². The SMILES string of the molecule is Cc1ccc(F)c(S(=O)(=O)N2CCNC[C@H]2C)c1.Cl. The minimum Gasteiger partial charge on any atom is -0.314 e. The number of hydrogen-bond acceptors (Lipinski definition) is 3. The Balaban J connectivity index is 0.00000180. The van der Waals surface area contributed by atoms with Crippen molar-refractivity contribution in [1.29, 1.82) is 0 Å². The molecule has 1 aromatic rings. The molecule has 0 saturated carbocycles. The summed E-state index contributed by atoms with van der Waals surface area (Å²) < 4.78 is 39.9. The van der Waals surface area contributed by atoms with Crippen molar-refractivity contribution in [3.05, 3.63) is 29.6 Å². The molecule has 0 amide bonds. The van der Waals surface area contributed by atoms with Gasteiger partial charge in [-0.1, -0.05) is 6.07 Å². The third-order valence-corrected chi connectivity index (χ3v) is 5.14. The topological polar surface area (TPSA) is 49.4 Å². The van der Waals surface area contributed by atoms with Crippen LogP contribution in [0.1, 0.15) is 12.5 Å². The highest BCUT2D eigenvalue weighted by Gasteiger charge is 2.32. The van der Waals surface area contributed by atoms with E-state index in [4.69, 9.17) is 0 Å². The zero-order valence-electron chi connectivity index (χ0n) is 10.9. The van der Waals surface area contributed by atoms with Crippen LogP contribution in [0.3, 0.4) is 0 Å². The number of piperazine rings is 1. The zero-order valence-corrected chi connectivity index (χ0v) is 12.5. The smallest absolute Gasteiger partial charge is 0.246 e. The second kappa shape index (κ2) is 6.17. The largest absolute Gasteiger partial charge is 0.314 e. The highest BCUT2D eigenvalue weighted by Crippen LogP contribution is 2.22. The zero-order chi connectivity index (χ0) is 13.3. The molecular weight excluding hydrogens is 291 g/mol. The Morgan fingerprint density at radius 1 is 1.42 bits per heavy atom. The fourth-order valence-electron chi connectivity index (χ4n) is 2.11. The van der Waals surface area contributed by atoms with Gasteiger partial charge in [-0.2, -0.15) is 4.31 Å². The van der Waals surface area contributed by atoms with Gasteiger partial charge in [0.2, 0.25) is 10.0 Å². The first-order chi connectivity index (χ1) is 8.43. The van der Waals surface area contributed by atoms with E-state index in [0.717, 1.165) is 5.56 Å². The standard InChI is InChI=1S/C12H17FN2O2S.ClH/c1-9-3-4-11(13)12(7-9)18(16,17)15-6-5-14-8-10(15)2;/h3-4,7,10,14H,5-6,8H2,1-2H3;1H/t10-;/m1./s1. The summed E-state index contributed by atoms with van der Waals surface area (Å²) in [6, 6.07) is 3.99. The molecule has 4 nitrogen and oxygen atoms in total. The predicted octanol–water partition coefficient (Wildman–Crippen LogP) is 1.54. The number of aryl methyl sites for hydroxylation is 1. The highest BCUT2D eigenvalue weighted by atomic mass is 35.5. The van der Waals surface area contributed by atoms with E-state index in [2.05, 4.69) is 5.32 Å². The summed E-state index contributed by atoms with van der Waals surface area (Å²) in [4.78, 5) is -0.226. The molecule has 2 rings (SSSR count). The van der Waals surface area contributed by atoms with Gasteiger partial charge in [-0.05, 0) is 31.5 Å². The summed E-state index contributed by atoms with van der Waals surface area (Å²) in [6.45, 7) is 5.12. The number of nitrogens with one attached hydrogen (secondary N) is 1. The van der Waals surface area contributed by atoms with E-state index in [-0.39, 0.29) is 23.3 Å². The maximum Gasteiger partial charge on any atom is 0.246 e. The minimum atomic E-state index is -3.75. The number of halogens is 2. The first-order valence-electron chi connectivity index (χ1n) is 5.91. The van der Waals surface area contributed by atoms with Gasteiger partial charge in [0.15, 0.2) is 0 Å². The number of sulfonamides is 1. The van der Waals surface area contributed by atoms with Crippen LogP contribution in [0, 0.1) is 12.7 Å². The molecule has 1 atom stereocenters. The number of rotatable bonds is 2. The highest BCUT2D eigenvalue weighted by molar-refractivity contribution is 7.89. The summed E-state index contributed by atoms with van der Waals surface area (Å²) in [6.07, 6.45) is 0. The molecule has 0 unspecified atom stereocenters. The quantitative estimate of drug-likeness (QED) is 0.901. The first-order valence-corrected chi connectivity index (χ1v) is 7.35. The normalized spacial score (nSPS) is 20.9. The van der Waals surface area contributed by atoms with E-state index in [1.165, 1.54) is 16.4 Å². The van der Waals surface area contributed by atoms with E-state index in [0.29, 0.717) is 19.6 Å². The fourth-order valence-corrected chi connectivity index (χ4v) is 3.90. The Bertz CT molecular complexity index is 551. The summed E-state index contributed by atoms with van der Waals surface area (Å²) in [5, 5.41) is 3.11. The molecule has 19 heavy (non-hydrogen) atoms. The molecule has 1 aromatic carbocycles. The van der Waals surface area contributed by atoms with Crippen molar-refractivity contribution >= 4 is 22.4 Å². The minimum absolute atomic E-state index is 0. The van der Waals surface area contributed by atoms with Crippen molar-refractivity contribution in [3.63, 3.8) is 0 Å². The number of nitrogens with zero attached hydrogens (tertiary/aromatic N) is 1. The monoisotopic (exact) mass is 308 g/mol. The average Bonchev–Trinajstić information content (AvgIpc) is 2.32. The van der Waals surface area contributed by atoms with Crippen LogP contribution in [0.15, 0.2) is 23.1 Å². The molecule has 7 heteroatoms. The van der Waals surface area contributed by atoms with Gasteiger partial charge in [-0.15, -0.1) is 12.4 Å². The van der Waals surface area contributed by atoms with Crippen LogP contribution in [0.5, 0.6) is 0 Å². The maximum absolute atomic E-state index is 13.7. The Labute approximate surface area is 119 Å². The lowest BCUT2D eigenvalue weighted by Crippen LogP contribution is -2.52. The van der Waals surface area contributed by atoms with Crippen molar-refractivity contribution < 1.29 is 12.8 Å². The molecular formula is C12H18ClFN2O2S. The van der Waals surface area contributed by atoms with Gasteiger partial charge < -0.3 is 5.32 Å². The molecule has 0 aliphatic carbocycles. The molecule has 1 N–H and O–H groups in total.